The summed E-state index contributed by atoms with van der Waals surface area (Å²) < 4.78 is 15.6. The lowest BCUT2D eigenvalue weighted by molar-refractivity contribution is 0.0998. The fraction of sp³-hybridized carbons (Fsp3) is 0. The average Bonchev–Trinajstić information content (AvgIpc) is 2.82. The van der Waals surface area contributed by atoms with Crippen molar-refractivity contribution in [1.82, 2.24) is 0 Å². The van der Waals surface area contributed by atoms with E-state index >= 15 is 0 Å². The van der Waals surface area contributed by atoms with Crippen LogP contribution in [0.1, 0.15) is 10.4 Å². The van der Waals surface area contributed by atoms with Crippen LogP contribution in [0.2, 0.25) is 0 Å². The maximum absolute atomic E-state index is 11.5. The molecule has 0 aliphatic rings. The van der Waals surface area contributed by atoms with E-state index < -0.39 is 13.7 Å². The summed E-state index contributed by atoms with van der Waals surface area (Å²) in [5.41, 5.74) is 14.1. The number of rotatable bonds is 4. The van der Waals surface area contributed by atoms with E-state index in [1.165, 1.54) is 17.7 Å². The van der Waals surface area contributed by atoms with Crippen LogP contribution >= 0.6 is 7.82 Å². The highest BCUT2D eigenvalue weighted by Crippen LogP contribution is 2.41. The summed E-state index contributed by atoms with van der Waals surface area (Å²) in [7, 11) is -4.79. The minimum Gasteiger partial charge on any atom is -0.403 e. The van der Waals surface area contributed by atoms with Crippen molar-refractivity contribution in [3.05, 3.63) is 109 Å². The topological polar surface area (TPSA) is 136 Å². The number of nitrogen functional groups attached to an aromatic ring is 1. The molecular weight excluding hydrogens is 463 g/mol. The average molecular weight is 486 g/mol. The third-order valence-corrected chi connectivity index (χ3v) is 5.77. The van der Waals surface area contributed by atoms with Gasteiger partial charge in [0.15, 0.2) is 0 Å². The van der Waals surface area contributed by atoms with Crippen LogP contribution in [0.15, 0.2) is 103 Å². The SMILES string of the molecule is NC(=O)c1cc2cc3ccccc3cc2cc1OP(=O)(O)O.Nc1ccccc1-c1ccccc1. The van der Waals surface area contributed by atoms with Crippen LogP contribution in [0.3, 0.4) is 0 Å². The van der Waals surface area contributed by atoms with Gasteiger partial charge in [-0.15, -0.1) is 0 Å². The molecule has 0 saturated carbocycles. The van der Waals surface area contributed by atoms with E-state index in [4.69, 9.17) is 21.3 Å². The van der Waals surface area contributed by atoms with Crippen molar-refractivity contribution in [3.63, 3.8) is 0 Å². The first-order chi connectivity index (χ1) is 16.7. The van der Waals surface area contributed by atoms with Crippen LogP contribution in [0, 0.1) is 0 Å². The van der Waals surface area contributed by atoms with Crippen LogP contribution in [-0.2, 0) is 4.57 Å². The van der Waals surface area contributed by atoms with Crippen molar-refractivity contribution in [2.24, 2.45) is 5.73 Å². The zero-order valence-electron chi connectivity index (χ0n) is 18.5. The van der Waals surface area contributed by atoms with Gasteiger partial charge in [0.05, 0.1) is 5.56 Å². The number of amides is 1. The second-order valence-electron chi connectivity index (χ2n) is 7.79. The molecule has 7 nitrogen and oxygen atoms in total. The molecule has 176 valence electrons. The minimum absolute atomic E-state index is 0.0777. The van der Waals surface area contributed by atoms with E-state index in [0.29, 0.717) is 5.39 Å². The lowest BCUT2D eigenvalue weighted by Gasteiger charge is -2.12. The Morgan fingerprint density at radius 1 is 0.714 bits per heavy atom. The van der Waals surface area contributed by atoms with Gasteiger partial charge in [0.25, 0.3) is 5.91 Å². The Balaban J connectivity index is 0.000000189. The number of hydrogen-bond acceptors (Lipinski definition) is 4. The molecule has 0 aromatic heterocycles. The van der Waals surface area contributed by atoms with Gasteiger partial charge >= 0.3 is 7.82 Å². The molecule has 0 atom stereocenters. The minimum atomic E-state index is -4.79. The lowest BCUT2D eigenvalue weighted by Crippen LogP contribution is -2.12. The smallest absolute Gasteiger partial charge is 0.403 e. The predicted molar refractivity (Wildman–Crippen MR) is 139 cm³/mol. The highest BCUT2D eigenvalue weighted by Gasteiger charge is 2.21. The molecule has 8 heteroatoms. The molecule has 0 radical (unpaired) electrons. The highest BCUT2D eigenvalue weighted by molar-refractivity contribution is 7.46. The molecule has 0 saturated heterocycles. The summed E-state index contributed by atoms with van der Waals surface area (Å²) in [6.45, 7) is 0. The molecule has 5 aromatic rings. The van der Waals surface area contributed by atoms with Gasteiger partial charge in [-0.1, -0.05) is 72.8 Å². The van der Waals surface area contributed by atoms with Gasteiger partial charge in [0, 0.05) is 11.3 Å². The number of phosphoric ester groups is 1. The van der Waals surface area contributed by atoms with Gasteiger partial charge in [0.1, 0.15) is 5.75 Å². The molecule has 0 fully saturated rings. The molecular formula is C27H23N2O5P. The van der Waals surface area contributed by atoms with Crippen LogP contribution in [0.25, 0.3) is 32.7 Å². The highest BCUT2D eigenvalue weighted by atomic mass is 31.2. The Morgan fingerprint density at radius 3 is 1.83 bits per heavy atom. The third kappa shape index (κ3) is 5.86. The summed E-state index contributed by atoms with van der Waals surface area (Å²) >= 11 is 0. The lowest BCUT2D eigenvalue weighted by atomic mass is 10.0. The fourth-order valence-corrected chi connectivity index (χ4v) is 4.15. The van der Waals surface area contributed by atoms with Crippen molar-refractivity contribution in [2.75, 3.05) is 5.73 Å². The second kappa shape index (κ2) is 9.99. The van der Waals surface area contributed by atoms with E-state index in [0.717, 1.165) is 27.4 Å². The van der Waals surface area contributed by atoms with Gasteiger partial charge in [-0.25, -0.2) is 4.57 Å². The van der Waals surface area contributed by atoms with Crippen molar-refractivity contribution >= 4 is 41.0 Å². The van der Waals surface area contributed by atoms with Crippen LogP contribution in [-0.4, -0.2) is 15.7 Å². The number of nitrogens with two attached hydrogens (primary N) is 2. The first kappa shape index (κ1) is 24.0. The van der Waals surface area contributed by atoms with Gasteiger partial charge in [0.2, 0.25) is 0 Å². The molecule has 5 rings (SSSR count). The Labute approximate surface area is 201 Å². The molecule has 0 heterocycles. The molecule has 5 aromatic carbocycles. The van der Waals surface area contributed by atoms with Crippen LogP contribution in [0.5, 0.6) is 5.75 Å². The standard InChI is InChI=1S/C15H12NO5P.C12H11N/c16-15(17)13-7-11-5-9-3-1-2-4-10(9)6-12(11)8-14(13)21-22(18,19)20;13-12-9-5-4-8-11(12)10-6-2-1-3-7-10/h1-8H,(H2,16,17)(H2,18,19,20);1-9H,13H2. The molecule has 0 aliphatic carbocycles. The predicted octanol–water partition coefficient (Wildman–Crippen LogP) is 5.50. The summed E-state index contributed by atoms with van der Waals surface area (Å²) in [6, 6.07) is 32.3. The summed E-state index contributed by atoms with van der Waals surface area (Å²) in [5, 5.41) is 3.36. The van der Waals surface area contributed by atoms with Gasteiger partial charge in [-0.05, 0) is 57.4 Å². The third-order valence-electron chi connectivity index (χ3n) is 5.33. The number of primary amides is 1. The van der Waals surface area contributed by atoms with E-state index in [1.54, 1.807) is 0 Å². The maximum Gasteiger partial charge on any atom is 0.524 e. The molecule has 0 aliphatic heterocycles. The summed E-state index contributed by atoms with van der Waals surface area (Å²) in [6.07, 6.45) is 0. The largest absolute Gasteiger partial charge is 0.524 e. The first-order valence-electron chi connectivity index (χ1n) is 10.6. The number of anilines is 1. The number of benzene rings is 5. The number of carbonyl (C=O) groups excluding carboxylic acids is 1. The van der Waals surface area contributed by atoms with Gasteiger partial charge in [-0.3, -0.25) is 14.6 Å². The molecule has 35 heavy (non-hydrogen) atoms. The Bertz CT molecular complexity index is 1560. The van der Waals surface area contributed by atoms with E-state index in [1.807, 2.05) is 78.9 Å². The van der Waals surface area contributed by atoms with Gasteiger partial charge < -0.3 is 16.0 Å². The van der Waals surface area contributed by atoms with Crippen molar-refractivity contribution in [1.29, 1.82) is 0 Å². The second-order valence-corrected chi connectivity index (χ2v) is 8.96. The summed E-state index contributed by atoms with van der Waals surface area (Å²) in [4.78, 5) is 29.4. The van der Waals surface area contributed by atoms with E-state index in [-0.39, 0.29) is 11.3 Å². The normalized spacial score (nSPS) is 11.0. The zero-order valence-corrected chi connectivity index (χ0v) is 19.4. The fourth-order valence-electron chi connectivity index (χ4n) is 3.74. The van der Waals surface area contributed by atoms with E-state index in [9.17, 15) is 9.36 Å². The van der Waals surface area contributed by atoms with Crippen LogP contribution in [0.4, 0.5) is 5.69 Å². The number of para-hydroxylation sites is 1. The van der Waals surface area contributed by atoms with Crippen molar-refractivity contribution < 1.29 is 23.7 Å². The van der Waals surface area contributed by atoms with E-state index in [2.05, 4.69) is 16.7 Å². The van der Waals surface area contributed by atoms with Crippen LogP contribution < -0.4 is 16.0 Å². The molecule has 6 N–H and O–H groups in total. The quantitative estimate of drug-likeness (QED) is 0.150. The monoisotopic (exact) mass is 486 g/mol. The summed E-state index contributed by atoms with van der Waals surface area (Å²) in [5.74, 6) is -1.05. The Kier molecular flexibility index (Phi) is 6.85. The van der Waals surface area contributed by atoms with Crippen molar-refractivity contribution in [2.45, 2.75) is 0 Å². The molecule has 0 unspecified atom stereocenters. The van der Waals surface area contributed by atoms with Crippen molar-refractivity contribution in [3.8, 4) is 16.9 Å². The molecule has 0 bridgehead atoms. The Morgan fingerprint density at radius 2 is 1.26 bits per heavy atom. The molecule has 0 spiro atoms. The number of hydrogen-bond donors (Lipinski definition) is 4. The first-order valence-corrected chi connectivity index (χ1v) is 12.2. The number of carbonyl (C=O) groups is 1. The van der Waals surface area contributed by atoms with Gasteiger partial charge in [-0.2, -0.15) is 0 Å². The Hall–Kier alpha value is -4.16. The number of phosphoric acid groups is 1. The maximum atomic E-state index is 11.5. The number of fused-ring (bicyclic) bond motifs is 2. The molecule has 1 amide bonds. The zero-order chi connectivity index (χ0) is 25.0.